The van der Waals surface area contributed by atoms with Crippen LogP contribution in [0.1, 0.15) is 12.8 Å². The van der Waals surface area contributed by atoms with Gasteiger partial charge in [-0.25, -0.2) is 4.39 Å². The molecule has 2 amide bonds. The molecule has 0 aromatic heterocycles. The Morgan fingerprint density at radius 2 is 2.03 bits per heavy atom. The van der Waals surface area contributed by atoms with Gasteiger partial charge >= 0.3 is 0 Å². The average molecular weight is 400 g/mol. The molecule has 2 aromatic carbocycles. The Hall–Kier alpha value is -3.29. The quantitative estimate of drug-likeness (QED) is 0.723. The van der Waals surface area contributed by atoms with Crippen molar-refractivity contribution in [3.8, 4) is 17.2 Å². The van der Waals surface area contributed by atoms with Crippen LogP contribution in [0.15, 0.2) is 42.5 Å². The predicted molar refractivity (Wildman–Crippen MR) is 103 cm³/mol. The highest BCUT2D eigenvalue weighted by molar-refractivity contribution is 6.00. The van der Waals surface area contributed by atoms with E-state index in [4.69, 9.17) is 14.2 Å². The number of nitrogens with zero attached hydrogens (tertiary/aromatic N) is 1. The van der Waals surface area contributed by atoms with Crippen molar-refractivity contribution in [1.29, 1.82) is 0 Å². The van der Waals surface area contributed by atoms with Gasteiger partial charge in [-0.2, -0.15) is 0 Å². The molecule has 1 atom stereocenters. The molecule has 0 spiro atoms. The van der Waals surface area contributed by atoms with E-state index in [9.17, 15) is 14.0 Å². The van der Waals surface area contributed by atoms with Crippen molar-refractivity contribution in [1.82, 2.24) is 5.32 Å². The summed E-state index contributed by atoms with van der Waals surface area (Å²) in [6.07, 6.45) is 0.693. The maximum absolute atomic E-state index is 13.5. The summed E-state index contributed by atoms with van der Waals surface area (Å²) in [5, 5.41) is 2.82. The van der Waals surface area contributed by atoms with E-state index < -0.39 is 11.7 Å². The Kier molecular flexibility index (Phi) is 5.50. The van der Waals surface area contributed by atoms with Crippen LogP contribution >= 0.6 is 0 Å². The van der Waals surface area contributed by atoms with Crippen LogP contribution in [-0.4, -0.2) is 38.3 Å². The Bertz CT molecular complexity index is 920. The number of halogens is 1. The maximum Gasteiger partial charge on any atom is 0.231 e. The summed E-state index contributed by atoms with van der Waals surface area (Å²) in [4.78, 5) is 26.4. The van der Waals surface area contributed by atoms with Crippen molar-refractivity contribution in [3.05, 3.63) is 48.3 Å². The predicted octanol–water partition coefficient (Wildman–Crippen LogP) is 2.49. The van der Waals surface area contributed by atoms with Gasteiger partial charge in [-0.3, -0.25) is 9.59 Å². The summed E-state index contributed by atoms with van der Waals surface area (Å²) in [5.41, 5.74) is 0.688. The third-order valence-electron chi connectivity index (χ3n) is 4.88. The molecule has 2 heterocycles. The van der Waals surface area contributed by atoms with Gasteiger partial charge in [-0.05, 0) is 30.7 Å². The zero-order valence-corrected chi connectivity index (χ0v) is 15.7. The van der Waals surface area contributed by atoms with Gasteiger partial charge in [0.1, 0.15) is 0 Å². The summed E-state index contributed by atoms with van der Waals surface area (Å²) < 4.78 is 29.5. The van der Waals surface area contributed by atoms with Crippen molar-refractivity contribution in [2.45, 2.75) is 12.8 Å². The monoisotopic (exact) mass is 400 g/mol. The zero-order valence-electron chi connectivity index (χ0n) is 15.7. The fourth-order valence-corrected chi connectivity index (χ4v) is 3.36. The summed E-state index contributed by atoms with van der Waals surface area (Å²) >= 11 is 0. The molecule has 2 aromatic rings. The molecule has 0 saturated carbocycles. The normalized spacial score (nSPS) is 17.5. The van der Waals surface area contributed by atoms with Crippen molar-refractivity contribution >= 4 is 17.5 Å². The van der Waals surface area contributed by atoms with Gasteiger partial charge < -0.3 is 24.4 Å². The molecule has 4 rings (SSSR count). The first-order chi connectivity index (χ1) is 14.1. The number of amides is 2. The lowest BCUT2D eigenvalue weighted by Crippen LogP contribution is -2.34. The second kappa shape index (κ2) is 8.38. The minimum Gasteiger partial charge on any atom is -0.490 e. The molecule has 2 aliphatic rings. The van der Waals surface area contributed by atoms with Crippen LogP contribution in [-0.2, 0) is 9.59 Å². The SMILES string of the molecule is O=C(NCCCOc1ccccc1F)C1CC(=O)N(c2ccc3c(c2)OCO3)C1. The fraction of sp³-hybridized carbons (Fsp3) is 0.333. The van der Waals surface area contributed by atoms with E-state index in [1.807, 2.05) is 0 Å². The molecule has 0 radical (unpaired) electrons. The van der Waals surface area contributed by atoms with Crippen LogP contribution in [0.3, 0.4) is 0 Å². The summed E-state index contributed by atoms with van der Waals surface area (Å²) in [6, 6.07) is 11.5. The maximum atomic E-state index is 13.5. The standard InChI is InChI=1S/C21H21FN2O5/c22-16-4-1-2-5-17(16)27-9-3-8-23-21(26)14-10-20(25)24(12-14)15-6-7-18-19(11-15)29-13-28-18/h1-2,4-7,11,14H,3,8-10,12-13H2,(H,23,26). The third-order valence-corrected chi connectivity index (χ3v) is 4.88. The lowest BCUT2D eigenvalue weighted by Gasteiger charge is -2.17. The Morgan fingerprint density at radius 3 is 2.90 bits per heavy atom. The topological polar surface area (TPSA) is 77.1 Å². The largest absolute Gasteiger partial charge is 0.490 e. The smallest absolute Gasteiger partial charge is 0.231 e. The highest BCUT2D eigenvalue weighted by atomic mass is 19.1. The molecule has 0 aliphatic carbocycles. The molecule has 1 N–H and O–H groups in total. The molecular formula is C21H21FN2O5. The number of nitrogens with one attached hydrogen (secondary N) is 1. The number of benzene rings is 2. The van der Waals surface area contributed by atoms with Gasteiger partial charge in [0.05, 0.1) is 12.5 Å². The molecule has 29 heavy (non-hydrogen) atoms. The number of hydrogen-bond donors (Lipinski definition) is 1. The van der Waals surface area contributed by atoms with Gasteiger partial charge in [0.2, 0.25) is 18.6 Å². The van der Waals surface area contributed by atoms with E-state index in [0.717, 1.165) is 0 Å². The van der Waals surface area contributed by atoms with Gasteiger partial charge in [0.15, 0.2) is 23.1 Å². The minimum absolute atomic E-state index is 0.105. The van der Waals surface area contributed by atoms with E-state index in [2.05, 4.69) is 5.32 Å². The number of carbonyl (C=O) groups is 2. The zero-order chi connectivity index (χ0) is 20.2. The molecule has 2 aliphatic heterocycles. The second-order valence-electron chi connectivity index (χ2n) is 6.87. The molecule has 1 saturated heterocycles. The third kappa shape index (κ3) is 4.26. The van der Waals surface area contributed by atoms with Gasteiger partial charge in [-0.1, -0.05) is 12.1 Å². The van der Waals surface area contributed by atoms with Gasteiger partial charge in [0.25, 0.3) is 0 Å². The summed E-state index contributed by atoms with van der Waals surface area (Å²) in [5.74, 6) is 0.328. The summed E-state index contributed by atoms with van der Waals surface area (Å²) in [7, 11) is 0. The van der Waals surface area contributed by atoms with E-state index in [1.165, 1.54) is 6.07 Å². The molecule has 8 heteroatoms. The molecular weight excluding hydrogens is 379 g/mol. The van der Waals surface area contributed by atoms with Crippen molar-refractivity contribution in [2.24, 2.45) is 5.92 Å². The van der Waals surface area contributed by atoms with E-state index in [1.54, 1.807) is 41.3 Å². The Morgan fingerprint density at radius 1 is 1.21 bits per heavy atom. The Balaban J connectivity index is 1.24. The van der Waals surface area contributed by atoms with Crippen LogP contribution in [0.2, 0.25) is 0 Å². The highest BCUT2D eigenvalue weighted by Gasteiger charge is 2.35. The molecule has 152 valence electrons. The van der Waals surface area contributed by atoms with Crippen LogP contribution < -0.4 is 24.4 Å². The Labute approximate surface area is 167 Å². The van der Waals surface area contributed by atoms with Crippen molar-refractivity contribution < 1.29 is 28.2 Å². The number of hydrogen-bond acceptors (Lipinski definition) is 5. The van der Waals surface area contributed by atoms with Crippen LogP contribution in [0.25, 0.3) is 0 Å². The van der Waals surface area contributed by atoms with E-state index in [-0.39, 0.29) is 37.4 Å². The number of ether oxygens (including phenoxy) is 3. The van der Waals surface area contributed by atoms with Crippen molar-refractivity contribution in [2.75, 3.05) is 31.4 Å². The number of carbonyl (C=O) groups excluding carboxylic acids is 2. The first kappa shape index (κ1) is 19.0. The number of fused-ring (bicyclic) bond motifs is 1. The van der Waals surface area contributed by atoms with Crippen LogP contribution in [0, 0.1) is 11.7 Å². The van der Waals surface area contributed by atoms with E-state index in [0.29, 0.717) is 36.7 Å². The lowest BCUT2D eigenvalue weighted by molar-refractivity contribution is -0.126. The highest BCUT2D eigenvalue weighted by Crippen LogP contribution is 2.37. The average Bonchev–Trinajstić information content (AvgIpc) is 3.34. The summed E-state index contributed by atoms with van der Waals surface area (Å²) in [6.45, 7) is 1.16. The van der Waals surface area contributed by atoms with E-state index >= 15 is 0 Å². The first-order valence-electron chi connectivity index (χ1n) is 9.47. The van der Waals surface area contributed by atoms with Gasteiger partial charge in [0, 0.05) is 31.3 Å². The molecule has 7 nitrogen and oxygen atoms in total. The number of anilines is 1. The molecule has 1 fully saturated rings. The number of rotatable bonds is 7. The number of para-hydroxylation sites is 1. The molecule has 0 bridgehead atoms. The fourth-order valence-electron chi connectivity index (χ4n) is 3.36. The molecule has 1 unspecified atom stereocenters. The second-order valence-corrected chi connectivity index (χ2v) is 6.87. The van der Waals surface area contributed by atoms with Crippen LogP contribution in [0.4, 0.5) is 10.1 Å². The lowest BCUT2D eigenvalue weighted by atomic mass is 10.1. The van der Waals surface area contributed by atoms with Crippen molar-refractivity contribution in [3.63, 3.8) is 0 Å². The first-order valence-corrected chi connectivity index (χ1v) is 9.47. The van der Waals surface area contributed by atoms with Gasteiger partial charge in [-0.15, -0.1) is 0 Å². The minimum atomic E-state index is -0.416. The van der Waals surface area contributed by atoms with Crippen LogP contribution in [0.5, 0.6) is 17.2 Å².